The van der Waals surface area contributed by atoms with E-state index in [1.165, 1.54) is 11.3 Å². The summed E-state index contributed by atoms with van der Waals surface area (Å²) in [5.74, 6) is -0.877. The Morgan fingerprint density at radius 3 is 2.49 bits per heavy atom. The van der Waals surface area contributed by atoms with Crippen LogP contribution in [0, 0.1) is 12.8 Å². The van der Waals surface area contributed by atoms with Crippen LogP contribution in [0.1, 0.15) is 102 Å². The lowest BCUT2D eigenvalue weighted by Gasteiger charge is -2.41. The van der Waals surface area contributed by atoms with Gasteiger partial charge in [0, 0.05) is 48.8 Å². The summed E-state index contributed by atoms with van der Waals surface area (Å²) < 4.78 is 9.05. The lowest BCUT2D eigenvalue weighted by atomic mass is 9.89. The largest absolute Gasteiger partial charge is 0.493 e. The number of hydrogen-bond donors (Lipinski definition) is 4. The van der Waals surface area contributed by atoms with E-state index in [9.17, 15) is 29.1 Å². The maximum atomic E-state index is 13.8. The number of nitrogens with one attached hydrogen (secondary N) is 3. The van der Waals surface area contributed by atoms with Gasteiger partial charge in [-0.3, -0.25) is 39.4 Å². The van der Waals surface area contributed by atoms with Gasteiger partial charge in [-0.15, -0.1) is 0 Å². The van der Waals surface area contributed by atoms with Gasteiger partial charge >= 0.3 is 5.97 Å². The van der Waals surface area contributed by atoms with Crippen molar-refractivity contribution in [1.29, 1.82) is 0 Å². The number of carboxylic acid groups (broad SMARTS) is 1. The summed E-state index contributed by atoms with van der Waals surface area (Å²) in [4.78, 5) is 78.2. The van der Waals surface area contributed by atoms with Gasteiger partial charge in [-0.05, 0) is 155 Å². The Balaban J connectivity index is 0.725. The van der Waals surface area contributed by atoms with E-state index < -0.39 is 17.4 Å². The molecule has 2 saturated heterocycles. The lowest BCUT2D eigenvalue weighted by molar-refractivity contribution is -0.134. The van der Waals surface area contributed by atoms with E-state index in [4.69, 9.17) is 9.72 Å². The molecule has 6 heterocycles. The minimum atomic E-state index is -1.13. The van der Waals surface area contributed by atoms with Crippen LogP contribution in [0.15, 0.2) is 91.0 Å². The third kappa shape index (κ3) is 9.65. The fourth-order valence-corrected chi connectivity index (χ4v) is 11.3. The van der Waals surface area contributed by atoms with Crippen LogP contribution in [0.25, 0.3) is 32.2 Å². The fraction of sp³-hybridized carbons (Fsp3) is 0.345. The molecule has 2 fully saturated rings. The van der Waals surface area contributed by atoms with Crippen molar-refractivity contribution in [3.8, 4) is 16.9 Å². The highest BCUT2D eigenvalue weighted by Crippen LogP contribution is 2.37. The molecule has 0 bridgehead atoms. The predicted octanol–water partition coefficient (Wildman–Crippen LogP) is 8.88. The first-order chi connectivity index (χ1) is 34.7. The number of carboxylic acids is 1. The molecule has 3 aromatic heterocycles. The lowest BCUT2D eigenvalue weighted by Crippen LogP contribution is -2.55. The number of nitrogens with zero attached hydrogens (tertiary/aromatic N) is 6. The first-order valence-electron chi connectivity index (χ1n) is 24.6. The maximum absolute atomic E-state index is 13.8. The average molecular weight is 988 g/mol. The molecule has 0 radical (unpaired) electrons. The Bertz CT molecular complexity index is 3250. The van der Waals surface area contributed by atoms with E-state index >= 15 is 0 Å². The van der Waals surface area contributed by atoms with E-state index in [-0.39, 0.29) is 35.7 Å². The highest BCUT2D eigenvalue weighted by molar-refractivity contribution is 7.22. The van der Waals surface area contributed by atoms with E-state index in [1.807, 2.05) is 124 Å². The summed E-state index contributed by atoms with van der Waals surface area (Å²) >= 11 is 1.43. The van der Waals surface area contributed by atoms with E-state index in [1.54, 1.807) is 4.68 Å². The molecule has 4 aromatic carbocycles. The second kappa shape index (κ2) is 20.0. The number of piperidine rings is 2. The molecule has 4 N–H and O–H groups in total. The van der Waals surface area contributed by atoms with Crippen LogP contribution in [0.2, 0.25) is 0 Å². The number of fused-ring (bicyclic) bond motifs is 3. The maximum Gasteiger partial charge on any atom is 0.355 e. The number of rotatable bonds is 14. The summed E-state index contributed by atoms with van der Waals surface area (Å²) in [6, 6.07) is 28.5. The summed E-state index contributed by atoms with van der Waals surface area (Å²) in [5, 5.41) is 25.0. The zero-order valence-electron chi connectivity index (χ0n) is 40.8. The number of carbonyl (C=O) groups excluding carboxylic acids is 4. The third-order valence-corrected chi connectivity index (χ3v) is 15.6. The molecule has 1 unspecified atom stereocenters. The van der Waals surface area contributed by atoms with Crippen LogP contribution in [0.3, 0.4) is 0 Å². The van der Waals surface area contributed by atoms with Crippen molar-refractivity contribution < 1.29 is 33.8 Å². The van der Waals surface area contributed by atoms with Gasteiger partial charge in [0.2, 0.25) is 17.7 Å². The summed E-state index contributed by atoms with van der Waals surface area (Å²) in [5.41, 5.74) is 6.65. The second-order valence-electron chi connectivity index (χ2n) is 19.5. The number of thiazole rings is 1. The Labute approximate surface area is 420 Å². The van der Waals surface area contributed by atoms with Gasteiger partial charge in [0.05, 0.1) is 39.5 Å². The van der Waals surface area contributed by atoms with Crippen LogP contribution in [-0.4, -0.2) is 91.1 Å². The monoisotopic (exact) mass is 987 g/mol. The highest BCUT2D eigenvalue weighted by Gasteiger charge is 2.37. The molecule has 0 spiro atoms. The Morgan fingerprint density at radius 1 is 0.889 bits per heavy atom. The van der Waals surface area contributed by atoms with Crippen LogP contribution >= 0.6 is 11.3 Å². The van der Waals surface area contributed by atoms with Crippen molar-refractivity contribution in [3.63, 3.8) is 0 Å². The van der Waals surface area contributed by atoms with Crippen molar-refractivity contribution in [2.75, 3.05) is 41.8 Å². The molecule has 1 atom stereocenters. The fourth-order valence-electron chi connectivity index (χ4n) is 10.5. The first kappa shape index (κ1) is 48.1. The molecule has 4 amide bonds. The first-order valence-corrected chi connectivity index (χ1v) is 25.4. The van der Waals surface area contributed by atoms with Gasteiger partial charge in [0.1, 0.15) is 11.6 Å². The van der Waals surface area contributed by atoms with Crippen molar-refractivity contribution in [3.05, 3.63) is 125 Å². The average Bonchev–Trinajstić information content (AvgIpc) is 3.94. The van der Waals surface area contributed by atoms with E-state index in [0.717, 1.165) is 82.1 Å². The summed E-state index contributed by atoms with van der Waals surface area (Å²) in [6.45, 7) is 8.95. The molecule has 3 aliphatic rings. The van der Waals surface area contributed by atoms with Gasteiger partial charge < -0.3 is 20.1 Å². The molecule has 10 rings (SSSR count). The minimum Gasteiger partial charge on any atom is -0.493 e. The number of aromatic carboxylic acids is 1. The number of amides is 4. The van der Waals surface area contributed by atoms with Crippen LogP contribution < -0.4 is 25.6 Å². The standard InChI is InChI=1S/C55H57N9O7S/c1-32-36(37-19-21-46(58-49(37)52(68)69)63-26-25-34-11-7-13-38(41(34)31-63)50(66)60-54-57-42-14-5-6-16-45(42)72-54)12-8-15-44(32)71-29-9-10-33-23-27-64(28-24-33)55(2,3)53(70)56-35-17-18-39-43(30-35)62(4)61-48(39)40-20-22-47(65)59-51(40)67/h5-8,11-19,21,30,33,40H,9-10,20,22-29,31H2,1-4H3,(H,56,70)(H,68,69)(H,57,60,66)(H,59,65,67). The van der Waals surface area contributed by atoms with Gasteiger partial charge in [0.15, 0.2) is 10.8 Å². The van der Waals surface area contributed by atoms with Crippen LogP contribution in [-0.2, 0) is 34.4 Å². The van der Waals surface area contributed by atoms with Crippen LogP contribution in [0.5, 0.6) is 5.75 Å². The number of para-hydroxylation sites is 1. The molecule has 7 aromatic rings. The number of hydrogen-bond acceptors (Lipinski definition) is 12. The molecule has 0 aliphatic carbocycles. The number of benzene rings is 4. The van der Waals surface area contributed by atoms with Crippen molar-refractivity contribution >= 4 is 78.7 Å². The number of anilines is 3. The summed E-state index contributed by atoms with van der Waals surface area (Å²) in [6.07, 6.45) is 5.10. The topological polar surface area (TPSA) is 201 Å². The van der Waals surface area contributed by atoms with Gasteiger partial charge in [-0.2, -0.15) is 5.10 Å². The van der Waals surface area contributed by atoms with E-state index in [2.05, 4.69) is 30.9 Å². The molecule has 17 heteroatoms. The highest BCUT2D eigenvalue weighted by atomic mass is 32.1. The number of ether oxygens (including phenoxy) is 1. The molecular weight excluding hydrogens is 931 g/mol. The van der Waals surface area contributed by atoms with Crippen molar-refractivity contribution in [2.24, 2.45) is 13.0 Å². The number of carbonyl (C=O) groups is 5. The number of aryl methyl sites for hydroxylation is 1. The van der Waals surface area contributed by atoms with E-state index in [0.29, 0.717) is 77.7 Å². The Morgan fingerprint density at radius 2 is 1.69 bits per heavy atom. The zero-order valence-corrected chi connectivity index (χ0v) is 41.6. The zero-order chi connectivity index (χ0) is 50.3. The van der Waals surface area contributed by atoms with Crippen molar-refractivity contribution in [2.45, 2.75) is 83.7 Å². The van der Waals surface area contributed by atoms with Crippen LogP contribution in [0.4, 0.5) is 16.6 Å². The smallest absolute Gasteiger partial charge is 0.355 e. The molecule has 3 aliphatic heterocycles. The Hall–Kier alpha value is -7.50. The van der Waals surface area contributed by atoms with Crippen molar-refractivity contribution in [1.82, 2.24) is 30.0 Å². The van der Waals surface area contributed by atoms with Gasteiger partial charge in [-0.1, -0.05) is 47.7 Å². The second-order valence-corrected chi connectivity index (χ2v) is 20.6. The number of imide groups is 1. The number of likely N-dealkylation sites (tertiary alicyclic amines) is 1. The van der Waals surface area contributed by atoms with Gasteiger partial charge in [-0.25, -0.2) is 14.8 Å². The molecule has 370 valence electrons. The summed E-state index contributed by atoms with van der Waals surface area (Å²) in [7, 11) is 1.81. The normalized spacial score (nSPS) is 16.7. The predicted molar refractivity (Wildman–Crippen MR) is 278 cm³/mol. The van der Waals surface area contributed by atoms with Gasteiger partial charge in [0.25, 0.3) is 5.91 Å². The minimum absolute atomic E-state index is 0.0549. The SMILES string of the molecule is Cc1c(OCCCC2CCN(C(C)(C)C(=O)Nc3ccc4c(C5CCC(=O)NC5=O)nn(C)c4c3)CC2)cccc1-c1ccc(N2CCc3cccc(C(=O)Nc4nc5ccccc5s4)c3C2)nc1C(=O)O. The quantitative estimate of drug-likeness (QED) is 0.0597. The third-order valence-electron chi connectivity index (χ3n) is 14.7. The Kier molecular flexibility index (Phi) is 13.3. The number of aromatic nitrogens is 4. The molecule has 0 saturated carbocycles. The molecule has 16 nitrogen and oxygen atoms in total. The number of pyridine rings is 1. The molecular formula is C55H57N9O7S. The molecule has 72 heavy (non-hydrogen) atoms.